The predicted molar refractivity (Wildman–Crippen MR) is 113 cm³/mol. The van der Waals surface area contributed by atoms with E-state index in [-0.39, 0.29) is 42.1 Å². The number of carbonyl (C=O) groups is 1. The highest BCUT2D eigenvalue weighted by Crippen LogP contribution is 2.25. The van der Waals surface area contributed by atoms with Gasteiger partial charge in [0.15, 0.2) is 5.96 Å². The zero-order valence-electron chi connectivity index (χ0n) is 14.4. The van der Waals surface area contributed by atoms with Gasteiger partial charge in [0.2, 0.25) is 5.91 Å². The Balaban J connectivity index is 0.00000312. The molecule has 2 rings (SSSR count). The number of carbonyl (C=O) groups excluding carboxylic acids is 1. The molecular formula is C17H26FIN4OS. The number of nitrogens with zero attached hydrogens (tertiary/aromatic N) is 1. The van der Waals surface area contributed by atoms with E-state index in [1.165, 1.54) is 30.7 Å². The number of amides is 1. The monoisotopic (exact) mass is 480 g/mol. The van der Waals surface area contributed by atoms with Gasteiger partial charge in [0, 0.05) is 31.9 Å². The van der Waals surface area contributed by atoms with Gasteiger partial charge in [-0.2, -0.15) is 11.8 Å². The highest BCUT2D eigenvalue weighted by molar-refractivity contribution is 14.0. The smallest absolute Gasteiger partial charge is 0.224 e. The molecule has 3 N–H and O–H groups in total. The number of guanidine groups is 1. The maximum absolute atomic E-state index is 12.8. The van der Waals surface area contributed by atoms with Crippen LogP contribution in [-0.4, -0.2) is 49.6 Å². The van der Waals surface area contributed by atoms with E-state index in [9.17, 15) is 9.18 Å². The number of aliphatic imine (C=N–C) groups is 1. The molecule has 0 saturated carbocycles. The third-order valence-corrected chi connectivity index (χ3v) is 5.16. The van der Waals surface area contributed by atoms with Crippen molar-refractivity contribution in [3.8, 4) is 0 Å². The molecule has 140 valence electrons. The largest absolute Gasteiger partial charge is 0.355 e. The molecular weight excluding hydrogens is 454 g/mol. The Morgan fingerprint density at radius 2 is 1.96 bits per heavy atom. The first-order valence-corrected chi connectivity index (χ1v) is 9.29. The van der Waals surface area contributed by atoms with Crippen LogP contribution in [-0.2, 0) is 11.2 Å². The van der Waals surface area contributed by atoms with Crippen molar-refractivity contribution in [2.45, 2.75) is 24.5 Å². The average molecular weight is 480 g/mol. The molecule has 5 nitrogen and oxygen atoms in total. The third kappa shape index (κ3) is 8.75. The van der Waals surface area contributed by atoms with Crippen molar-refractivity contribution >= 4 is 47.6 Å². The molecule has 0 radical (unpaired) electrons. The normalized spacial score (nSPS) is 16.9. The van der Waals surface area contributed by atoms with Crippen LogP contribution < -0.4 is 16.0 Å². The van der Waals surface area contributed by atoms with Crippen molar-refractivity contribution in [2.24, 2.45) is 4.99 Å². The third-order valence-electron chi connectivity index (χ3n) is 3.76. The summed E-state index contributed by atoms with van der Waals surface area (Å²) in [5.41, 5.74) is 0.799. The molecule has 25 heavy (non-hydrogen) atoms. The van der Waals surface area contributed by atoms with Crippen molar-refractivity contribution in [2.75, 3.05) is 32.4 Å². The van der Waals surface area contributed by atoms with Gasteiger partial charge in [-0.15, -0.1) is 24.0 Å². The summed E-state index contributed by atoms with van der Waals surface area (Å²) in [4.78, 5) is 16.0. The standard InChI is InChI=1S/C17H25FN4OS.HI/c1-19-17(22-12-15-3-2-10-24-15)21-9-8-20-16(23)11-13-4-6-14(18)7-5-13;/h4-7,15H,2-3,8-12H2,1H3,(H,20,23)(H2,19,21,22);1H. The summed E-state index contributed by atoms with van der Waals surface area (Å²) in [5, 5.41) is 10.0. The van der Waals surface area contributed by atoms with Crippen molar-refractivity contribution in [1.82, 2.24) is 16.0 Å². The van der Waals surface area contributed by atoms with Gasteiger partial charge in [0.1, 0.15) is 5.82 Å². The molecule has 0 bridgehead atoms. The second-order valence-electron chi connectivity index (χ2n) is 5.67. The highest BCUT2D eigenvalue weighted by atomic mass is 127. The second kappa shape index (κ2) is 12.3. The highest BCUT2D eigenvalue weighted by Gasteiger charge is 2.15. The maximum Gasteiger partial charge on any atom is 0.224 e. The molecule has 1 amide bonds. The zero-order valence-corrected chi connectivity index (χ0v) is 17.5. The predicted octanol–water partition coefficient (Wildman–Crippen LogP) is 2.16. The van der Waals surface area contributed by atoms with Crippen molar-refractivity contribution in [1.29, 1.82) is 0 Å². The molecule has 1 fully saturated rings. The number of nitrogens with one attached hydrogen (secondary N) is 3. The minimum Gasteiger partial charge on any atom is -0.355 e. The van der Waals surface area contributed by atoms with Crippen molar-refractivity contribution in [3.05, 3.63) is 35.6 Å². The number of rotatable bonds is 7. The van der Waals surface area contributed by atoms with Crippen LogP contribution in [0.4, 0.5) is 4.39 Å². The van der Waals surface area contributed by atoms with Gasteiger partial charge >= 0.3 is 0 Å². The fraction of sp³-hybridized carbons (Fsp3) is 0.529. The van der Waals surface area contributed by atoms with Crippen LogP contribution in [0.3, 0.4) is 0 Å². The molecule has 1 aliphatic rings. The van der Waals surface area contributed by atoms with Gasteiger partial charge in [-0.1, -0.05) is 12.1 Å². The summed E-state index contributed by atoms with van der Waals surface area (Å²) in [5.74, 6) is 1.64. The number of hydrogen-bond acceptors (Lipinski definition) is 3. The Morgan fingerprint density at radius 3 is 2.60 bits per heavy atom. The topological polar surface area (TPSA) is 65.5 Å². The Labute approximate surface area is 170 Å². The molecule has 1 aliphatic heterocycles. The SMILES string of the molecule is CN=C(NCCNC(=O)Cc1ccc(F)cc1)NCC1CCCS1.I. The lowest BCUT2D eigenvalue weighted by Gasteiger charge is -2.15. The molecule has 8 heteroatoms. The maximum atomic E-state index is 12.8. The first-order chi connectivity index (χ1) is 11.7. The molecule has 1 atom stereocenters. The summed E-state index contributed by atoms with van der Waals surface area (Å²) in [6.07, 6.45) is 2.81. The van der Waals surface area contributed by atoms with Crippen LogP contribution in [0.15, 0.2) is 29.3 Å². The Morgan fingerprint density at radius 1 is 1.24 bits per heavy atom. The van der Waals surface area contributed by atoms with Gasteiger partial charge in [0.25, 0.3) is 0 Å². The zero-order chi connectivity index (χ0) is 17.2. The van der Waals surface area contributed by atoms with Crippen LogP contribution in [0, 0.1) is 5.82 Å². The number of benzene rings is 1. The van der Waals surface area contributed by atoms with E-state index < -0.39 is 0 Å². The minimum absolute atomic E-state index is 0. The molecule has 0 aromatic heterocycles. The molecule has 0 aliphatic carbocycles. The molecule has 1 aromatic rings. The van der Waals surface area contributed by atoms with Gasteiger partial charge in [0.05, 0.1) is 6.42 Å². The van der Waals surface area contributed by atoms with E-state index >= 15 is 0 Å². The van der Waals surface area contributed by atoms with E-state index in [0.29, 0.717) is 18.3 Å². The van der Waals surface area contributed by atoms with Crippen molar-refractivity contribution in [3.63, 3.8) is 0 Å². The Kier molecular flexibility index (Phi) is 10.9. The number of halogens is 2. The van der Waals surface area contributed by atoms with Crippen LogP contribution in [0.1, 0.15) is 18.4 Å². The summed E-state index contributed by atoms with van der Waals surface area (Å²) in [6.45, 7) is 2.03. The molecule has 0 spiro atoms. The fourth-order valence-corrected chi connectivity index (χ4v) is 3.67. The van der Waals surface area contributed by atoms with Crippen molar-refractivity contribution < 1.29 is 9.18 Å². The Hall–Kier alpha value is -1.03. The summed E-state index contributed by atoms with van der Waals surface area (Å²) in [6, 6.07) is 5.98. The van der Waals surface area contributed by atoms with E-state index in [2.05, 4.69) is 20.9 Å². The molecule has 1 unspecified atom stereocenters. The van der Waals surface area contributed by atoms with Crippen LogP contribution >= 0.6 is 35.7 Å². The van der Waals surface area contributed by atoms with E-state index in [0.717, 1.165) is 18.1 Å². The van der Waals surface area contributed by atoms with Gasteiger partial charge in [-0.25, -0.2) is 4.39 Å². The van der Waals surface area contributed by atoms with Crippen LogP contribution in [0.2, 0.25) is 0 Å². The second-order valence-corrected chi connectivity index (χ2v) is 7.08. The van der Waals surface area contributed by atoms with Gasteiger partial charge in [-0.05, 0) is 36.3 Å². The minimum atomic E-state index is -0.293. The molecule has 1 heterocycles. The lowest BCUT2D eigenvalue weighted by Crippen LogP contribution is -2.43. The first kappa shape index (κ1) is 22.0. The summed E-state index contributed by atoms with van der Waals surface area (Å²) >= 11 is 2.00. The van der Waals surface area contributed by atoms with Gasteiger partial charge < -0.3 is 16.0 Å². The van der Waals surface area contributed by atoms with Gasteiger partial charge in [-0.3, -0.25) is 9.79 Å². The summed E-state index contributed by atoms with van der Waals surface area (Å²) in [7, 11) is 1.74. The lowest BCUT2D eigenvalue weighted by atomic mass is 10.1. The molecule has 1 saturated heterocycles. The number of thioether (sulfide) groups is 1. The van der Waals surface area contributed by atoms with E-state index in [4.69, 9.17) is 0 Å². The lowest BCUT2D eigenvalue weighted by molar-refractivity contribution is -0.120. The quantitative estimate of drug-likeness (QED) is 0.242. The molecule has 1 aromatic carbocycles. The number of hydrogen-bond donors (Lipinski definition) is 3. The van der Waals surface area contributed by atoms with E-state index in [1.54, 1.807) is 19.2 Å². The average Bonchev–Trinajstić information content (AvgIpc) is 3.10. The van der Waals surface area contributed by atoms with E-state index in [1.807, 2.05) is 11.8 Å². The Bertz CT molecular complexity index is 550. The fourth-order valence-electron chi connectivity index (χ4n) is 2.47. The van der Waals surface area contributed by atoms with Crippen LogP contribution in [0.25, 0.3) is 0 Å². The first-order valence-electron chi connectivity index (χ1n) is 8.24. The van der Waals surface area contributed by atoms with Crippen LogP contribution in [0.5, 0.6) is 0 Å². The summed E-state index contributed by atoms with van der Waals surface area (Å²) < 4.78 is 12.8.